The van der Waals surface area contributed by atoms with Crippen LogP contribution in [0.15, 0.2) is 46.5 Å². The molecule has 2 rings (SSSR count). The monoisotopic (exact) mass is 348 g/mol. The van der Waals surface area contributed by atoms with Crippen molar-refractivity contribution in [2.24, 2.45) is 5.14 Å². The van der Waals surface area contributed by atoms with Crippen LogP contribution in [0.25, 0.3) is 0 Å². The lowest BCUT2D eigenvalue weighted by molar-refractivity contribution is 0.598. The topological polar surface area (TPSA) is 132 Å². The van der Waals surface area contributed by atoms with Crippen LogP contribution < -0.4 is 9.86 Å². The first kappa shape index (κ1) is 15.6. The minimum Gasteiger partial charge on any atom is -0.278 e. The maximum atomic E-state index is 12.1. The van der Waals surface area contributed by atoms with Gasteiger partial charge in [0.25, 0.3) is 10.0 Å². The number of aromatic nitrogens is 2. The van der Waals surface area contributed by atoms with Crippen molar-refractivity contribution in [3.8, 4) is 0 Å². The number of sulfonamides is 2. The van der Waals surface area contributed by atoms with E-state index in [0.717, 1.165) is 12.4 Å². The van der Waals surface area contributed by atoms with Crippen molar-refractivity contribution in [2.75, 3.05) is 4.72 Å². The van der Waals surface area contributed by atoms with Crippen LogP contribution in [0.1, 0.15) is 0 Å². The van der Waals surface area contributed by atoms with E-state index in [-0.39, 0.29) is 20.8 Å². The maximum absolute atomic E-state index is 12.1. The molecule has 0 aliphatic heterocycles. The van der Waals surface area contributed by atoms with Crippen molar-refractivity contribution in [1.82, 2.24) is 9.97 Å². The number of para-hydroxylation sites is 1. The number of rotatable bonds is 4. The molecule has 0 atom stereocenters. The van der Waals surface area contributed by atoms with Gasteiger partial charge in [-0.25, -0.2) is 31.9 Å². The summed E-state index contributed by atoms with van der Waals surface area (Å²) in [5.41, 5.74) is -0.171. The Morgan fingerprint density at radius 2 is 1.62 bits per heavy atom. The zero-order chi connectivity index (χ0) is 15.7. The van der Waals surface area contributed by atoms with Gasteiger partial charge in [-0.05, 0) is 23.7 Å². The van der Waals surface area contributed by atoms with E-state index in [1.165, 1.54) is 24.3 Å². The summed E-state index contributed by atoms with van der Waals surface area (Å²) < 4.78 is 49.2. The molecule has 0 bridgehead atoms. The molecule has 3 N–H and O–H groups in total. The number of primary sulfonamides is 1. The summed E-state index contributed by atoms with van der Waals surface area (Å²) >= 11 is 5.47. The van der Waals surface area contributed by atoms with Crippen LogP contribution in [-0.2, 0) is 20.0 Å². The van der Waals surface area contributed by atoms with Gasteiger partial charge in [0.05, 0.1) is 18.1 Å². The van der Waals surface area contributed by atoms with E-state index in [1.54, 1.807) is 0 Å². The number of hydrogen-bond donors (Lipinski definition) is 2. The number of hydrogen-bond acceptors (Lipinski definition) is 6. The third kappa shape index (κ3) is 3.67. The van der Waals surface area contributed by atoms with Gasteiger partial charge in [-0.1, -0.05) is 12.1 Å². The number of benzene rings is 1. The van der Waals surface area contributed by atoms with Crippen molar-refractivity contribution < 1.29 is 16.8 Å². The zero-order valence-corrected chi connectivity index (χ0v) is 12.7. The van der Waals surface area contributed by atoms with E-state index in [9.17, 15) is 16.8 Å². The molecule has 1 aromatic heterocycles. The Hall–Kier alpha value is -1.75. The highest BCUT2D eigenvalue weighted by atomic mass is 35.5. The highest BCUT2D eigenvalue weighted by Gasteiger charge is 2.20. The Morgan fingerprint density at radius 1 is 1.05 bits per heavy atom. The van der Waals surface area contributed by atoms with Crippen LogP contribution in [0.3, 0.4) is 0 Å². The van der Waals surface area contributed by atoms with Crippen molar-refractivity contribution in [3.63, 3.8) is 0 Å². The van der Waals surface area contributed by atoms with Crippen LogP contribution in [0.4, 0.5) is 5.69 Å². The first-order chi connectivity index (χ1) is 9.70. The molecular weight excluding hydrogens is 340 g/mol. The van der Waals surface area contributed by atoms with Gasteiger partial charge < -0.3 is 0 Å². The Balaban J connectivity index is 2.45. The van der Waals surface area contributed by atoms with Gasteiger partial charge in [-0.15, -0.1) is 0 Å². The fourth-order valence-electron chi connectivity index (χ4n) is 1.44. The summed E-state index contributed by atoms with van der Waals surface area (Å²) in [4.78, 5) is 6.49. The predicted octanol–water partition coefficient (Wildman–Crippen LogP) is 0.578. The van der Waals surface area contributed by atoms with Crippen molar-refractivity contribution in [1.29, 1.82) is 0 Å². The summed E-state index contributed by atoms with van der Waals surface area (Å²) in [7, 11) is -8.14. The second-order valence-corrected chi connectivity index (χ2v) is 7.38. The molecule has 0 amide bonds. The van der Waals surface area contributed by atoms with E-state index in [1.807, 2.05) is 0 Å². The molecule has 0 aliphatic rings. The average molecular weight is 349 g/mol. The van der Waals surface area contributed by atoms with E-state index in [4.69, 9.17) is 16.7 Å². The normalized spacial score (nSPS) is 12.1. The Morgan fingerprint density at radius 3 is 2.19 bits per heavy atom. The van der Waals surface area contributed by atoms with Gasteiger partial charge in [0.15, 0.2) is 0 Å². The van der Waals surface area contributed by atoms with Gasteiger partial charge >= 0.3 is 0 Å². The summed E-state index contributed by atoms with van der Waals surface area (Å²) in [6, 6.07) is 5.34. The third-order valence-corrected chi connectivity index (χ3v) is 4.83. The van der Waals surface area contributed by atoms with Crippen LogP contribution >= 0.6 is 11.6 Å². The number of nitrogens with zero attached hydrogens (tertiary/aromatic N) is 2. The smallest absolute Gasteiger partial charge is 0.265 e. The molecule has 2 aromatic rings. The van der Waals surface area contributed by atoms with Crippen molar-refractivity contribution in [3.05, 3.63) is 41.9 Å². The first-order valence-electron chi connectivity index (χ1n) is 5.32. The van der Waals surface area contributed by atoms with Gasteiger partial charge in [0.1, 0.15) is 9.79 Å². The molecule has 11 heteroatoms. The zero-order valence-electron chi connectivity index (χ0n) is 10.3. The lowest BCUT2D eigenvalue weighted by Gasteiger charge is -2.10. The summed E-state index contributed by atoms with van der Waals surface area (Å²) in [6.07, 6.45) is 1.99. The molecule has 0 saturated heterocycles. The molecule has 21 heavy (non-hydrogen) atoms. The molecule has 0 aliphatic carbocycles. The van der Waals surface area contributed by atoms with E-state index >= 15 is 0 Å². The summed E-state index contributed by atoms with van der Waals surface area (Å²) in [5, 5.41) is 4.92. The van der Waals surface area contributed by atoms with Crippen LogP contribution in [0, 0.1) is 0 Å². The molecule has 1 aromatic carbocycles. The average Bonchev–Trinajstić information content (AvgIpc) is 2.38. The van der Waals surface area contributed by atoms with Gasteiger partial charge in [-0.2, -0.15) is 0 Å². The van der Waals surface area contributed by atoms with Gasteiger partial charge in [0.2, 0.25) is 15.3 Å². The molecule has 8 nitrogen and oxygen atoms in total. The lowest BCUT2D eigenvalue weighted by Crippen LogP contribution is -2.19. The number of halogens is 1. The summed E-state index contributed by atoms with van der Waals surface area (Å²) in [5.74, 6) is 0. The predicted molar refractivity (Wildman–Crippen MR) is 75.7 cm³/mol. The van der Waals surface area contributed by atoms with Crippen LogP contribution in [0.5, 0.6) is 0 Å². The van der Waals surface area contributed by atoms with Crippen LogP contribution in [0.2, 0.25) is 5.28 Å². The fraction of sp³-hybridized carbons (Fsp3) is 0. The van der Waals surface area contributed by atoms with Crippen molar-refractivity contribution >= 4 is 37.3 Å². The molecular formula is C10H9ClN4O4S2. The second kappa shape index (κ2) is 5.56. The quantitative estimate of drug-likeness (QED) is 0.776. The molecule has 1 heterocycles. The molecule has 0 saturated carbocycles. The van der Waals surface area contributed by atoms with Crippen LogP contribution in [-0.4, -0.2) is 26.8 Å². The minimum absolute atomic E-state index is 0.112. The molecule has 0 radical (unpaired) electrons. The molecule has 0 fully saturated rings. The largest absolute Gasteiger partial charge is 0.278 e. The van der Waals surface area contributed by atoms with E-state index in [0.29, 0.717) is 0 Å². The summed E-state index contributed by atoms with van der Waals surface area (Å²) in [6.45, 7) is 0. The van der Waals surface area contributed by atoms with Gasteiger partial charge in [0, 0.05) is 0 Å². The minimum atomic E-state index is -4.07. The van der Waals surface area contributed by atoms with E-state index in [2.05, 4.69) is 14.7 Å². The standard InChI is InChI=1S/C10H9ClN4O4S2/c11-10-13-5-7(6-14-10)21(18,19)15-8-3-1-2-4-9(8)20(12,16)17/h1-6,15H,(H2,12,16,17). The molecule has 0 unspecified atom stereocenters. The SMILES string of the molecule is NS(=O)(=O)c1ccccc1NS(=O)(=O)c1cnc(Cl)nc1. The Kier molecular flexibility index (Phi) is 4.14. The van der Waals surface area contributed by atoms with Gasteiger partial charge in [-0.3, -0.25) is 4.72 Å². The number of nitrogens with one attached hydrogen (secondary N) is 1. The fourth-order valence-corrected chi connectivity index (χ4v) is 3.27. The highest BCUT2D eigenvalue weighted by molar-refractivity contribution is 7.93. The van der Waals surface area contributed by atoms with E-state index < -0.39 is 20.0 Å². The second-order valence-electron chi connectivity index (χ2n) is 3.83. The maximum Gasteiger partial charge on any atom is 0.265 e. The Labute approximate surface area is 126 Å². The molecule has 112 valence electrons. The highest BCUT2D eigenvalue weighted by Crippen LogP contribution is 2.22. The third-order valence-electron chi connectivity index (χ3n) is 2.34. The van der Waals surface area contributed by atoms with Crippen molar-refractivity contribution in [2.45, 2.75) is 9.79 Å². The number of nitrogens with two attached hydrogens (primary N) is 1. The molecule has 0 spiro atoms. The lowest BCUT2D eigenvalue weighted by atomic mass is 10.3. The first-order valence-corrected chi connectivity index (χ1v) is 8.73. The number of anilines is 1. The Bertz CT molecular complexity index is 866.